The van der Waals surface area contributed by atoms with Crippen LogP contribution in [0.2, 0.25) is 0 Å². The normalized spacial score (nSPS) is 45.2. The van der Waals surface area contributed by atoms with Gasteiger partial charge >= 0.3 is 11.9 Å². The number of fused-ring (bicyclic) bond motifs is 1. The molecule has 8 heteroatoms. The first-order chi connectivity index (χ1) is 8.86. The van der Waals surface area contributed by atoms with E-state index in [0.29, 0.717) is 6.42 Å². The van der Waals surface area contributed by atoms with Crippen molar-refractivity contribution in [3.05, 3.63) is 0 Å². The molecule has 6 atom stereocenters. The van der Waals surface area contributed by atoms with E-state index in [9.17, 15) is 18.0 Å². The average Bonchev–Trinajstić information content (AvgIpc) is 2.89. The van der Waals surface area contributed by atoms with E-state index in [-0.39, 0.29) is 11.8 Å². The van der Waals surface area contributed by atoms with E-state index in [1.807, 2.05) is 0 Å². The number of ether oxygens (including phenoxy) is 2. The Bertz CT molecular complexity index is 539. The van der Waals surface area contributed by atoms with Gasteiger partial charge in [-0.15, -0.1) is 0 Å². The van der Waals surface area contributed by atoms with Gasteiger partial charge in [-0.1, -0.05) is 0 Å². The van der Waals surface area contributed by atoms with Crippen LogP contribution in [0.1, 0.15) is 13.3 Å². The van der Waals surface area contributed by atoms with E-state index in [1.165, 1.54) is 14.0 Å². The van der Waals surface area contributed by atoms with E-state index >= 15 is 0 Å². The van der Waals surface area contributed by atoms with Gasteiger partial charge in [0, 0.05) is 18.8 Å². The van der Waals surface area contributed by atoms with Crippen molar-refractivity contribution >= 4 is 22.1 Å². The maximum absolute atomic E-state index is 12.0. The van der Waals surface area contributed by atoms with Gasteiger partial charge in [0.05, 0.1) is 13.0 Å². The Labute approximate surface area is 110 Å². The Morgan fingerprint density at radius 3 is 2.53 bits per heavy atom. The lowest BCUT2D eigenvalue weighted by atomic mass is 9.84. The summed E-state index contributed by atoms with van der Waals surface area (Å²) in [5.74, 6) is -2.52. The molecular weight excluding hydrogens is 276 g/mol. The molecular formula is C11H14O7S. The number of carbonyl (C=O) groups excluding carboxylic acids is 2. The summed E-state index contributed by atoms with van der Waals surface area (Å²) < 4.78 is 38.8. The Balaban J connectivity index is 2.00. The Kier molecular flexibility index (Phi) is 2.66. The minimum Gasteiger partial charge on any atom is -0.469 e. The van der Waals surface area contributed by atoms with Gasteiger partial charge in [-0.05, 0) is 6.42 Å². The predicted octanol–water partition coefficient (Wildman–Crippen LogP) is -0.546. The maximum Gasteiger partial charge on any atom is 0.310 e. The van der Waals surface area contributed by atoms with Crippen molar-refractivity contribution in [2.75, 3.05) is 7.11 Å². The smallest absolute Gasteiger partial charge is 0.310 e. The summed E-state index contributed by atoms with van der Waals surface area (Å²) in [6, 6.07) is 0. The lowest BCUT2D eigenvalue weighted by molar-refractivity contribution is -0.161. The third-order valence-corrected chi connectivity index (χ3v) is 6.10. The van der Waals surface area contributed by atoms with Crippen LogP contribution in [0.25, 0.3) is 0 Å². The van der Waals surface area contributed by atoms with Crippen molar-refractivity contribution in [2.45, 2.75) is 30.8 Å². The molecule has 19 heavy (non-hydrogen) atoms. The van der Waals surface area contributed by atoms with Crippen molar-refractivity contribution in [2.24, 2.45) is 17.8 Å². The number of carbonyl (C=O) groups is 2. The highest BCUT2D eigenvalue weighted by molar-refractivity contribution is 7.87. The fraction of sp³-hybridized carbons (Fsp3) is 0.818. The van der Waals surface area contributed by atoms with Crippen LogP contribution in [0.4, 0.5) is 0 Å². The first kappa shape index (κ1) is 12.9. The van der Waals surface area contributed by atoms with Crippen LogP contribution in [-0.2, 0) is 33.4 Å². The van der Waals surface area contributed by atoms with Crippen LogP contribution < -0.4 is 0 Å². The summed E-state index contributed by atoms with van der Waals surface area (Å²) in [7, 11) is -2.58. The predicted molar refractivity (Wildman–Crippen MR) is 60.2 cm³/mol. The highest BCUT2D eigenvalue weighted by Gasteiger charge is 2.71. The Hall–Kier alpha value is -1.15. The quantitative estimate of drug-likeness (QED) is 0.497. The molecule has 7 nitrogen and oxygen atoms in total. The van der Waals surface area contributed by atoms with Crippen LogP contribution in [0.3, 0.4) is 0 Å². The van der Waals surface area contributed by atoms with Crippen molar-refractivity contribution in [1.29, 1.82) is 0 Å². The van der Waals surface area contributed by atoms with Crippen molar-refractivity contribution in [3.63, 3.8) is 0 Å². The zero-order valence-electron chi connectivity index (χ0n) is 10.4. The van der Waals surface area contributed by atoms with Crippen LogP contribution >= 0.6 is 0 Å². The Morgan fingerprint density at radius 2 is 1.95 bits per heavy atom. The molecule has 1 saturated heterocycles. The topological polar surface area (TPSA) is 96.0 Å². The van der Waals surface area contributed by atoms with Gasteiger partial charge in [-0.2, -0.15) is 8.42 Å². The summed E-state index contributed by atoms with van der Waals surface area (Å²) in [4.78, 5) is 22.9. The van der Waals surface area contributed by atoms with Crippen LogP contribution in [-0.4, -0.2) is 44.9 Å². The SMILES string of the molecule is COC(=O)C1C2CC3C(OS(=O)(=O)C31)C2OC(C)=O. The van der Waals surface area contributed by atoms with Gasteiger partial charge in [0.15, 0.2) is 0 Å². The van der Waals surface area contributed by atoms with E-state index < -0.39 is 45.4 Å². The first-order valence-electron chi connectivity index (χ1n) is 6.04. The summed E-state index contributed by atoms with van der Waals surface area (Å²) in [5.41, 5.74) is 0. The molecule has 0 radical (unpaired) electrons. The first-order valence-corrected chi connectivity index (χ1v) is 7.51. The molecule has 0 N–H and O–H groups in total. The molecule has 2 saturated carbocycles. The molecule has 1 aliphatic heterocycles. The molecule has 0 aromatic carbocycles. The van der Waals surface area contributed by atoms with Crippen LogP contribution in [0.15, 0.2) is 0 Å². The fourth-order valence-corrected chi connectivity index (χ4v) is 5.84. The lowest BCUT2D eigenvalue weighted by Gasteiger charge is -2.29. The third kappa shape index (κ3) is 1.62. The highest BCUT2D eigenvalue weighted by Crippen LogP contribution is 2.58. The molecule has 6 unspecified atom stereocenters. The van der Waals surface area contributed by atoms with Gasteiger partial charge in [0.1, 0.15) is 17.5 Å². The van der Waals surface area contributed by atoms with E-state index in [0.717, 1.165) is 0 Å². The van der Waals surface area contributed by atoms with Gasteiger partial charge in [-0.3, -0.25) is 13.8 Å². The molecule has 1 heterocycles. The Morgan fingerprint density at radius 1 is 1.26 bits per heavy atom. The number of hydrogen-bond donors (Lipinski definition) is 0. The van der Waals surface area contributed by atoms with Crippen molar-refractivity contribution < 1.29 is 31.7 Å². The summed E-state index contributed by atoms with van der Waals surface area (Å²) >= 11 is 0. The van der Waals surface area contributed by atoms with Crippen LogP contribution in [0, 0.1) is 17.8 Å². The minimum absolute atomic E-state index is 0.288. The monoisotopic (exact) mass is 290 g/mol. The average molecular weight is 290 g/mol. The number of rotatable bonds is 2. The van der Waals surface area contributed by atoms with Crippen LogP contribution in [0.5, 0.6) is 0 Å². The second-order valence-electron chi connectivity index (χ2n) is 5.20. The summed E-state index contributed by atoms with van der Waals surface area (Å²) in [6.45, 7) is 1.25. The molecule has 3 rings (SSSR count). The fourth-order valence-electron chi connectivity index (χ4n) is 3.78. The molecule has 2 bridgehead atoms. The highest BCUT2D eigenvalue weighted by atomic mass is 32.2. The second-order valence-corrected chi connectivity index (χ2v) is 6.93. The van der Waals surface area contributed by atoms with Crippen molar-refractivity contribution in [3.8, 4) is 0 Å². The number of esters is 2. The zero-order valence-corrected chi connectivity index (χ0v) is 11.3. The molecule has 0 aromatic heterocycles. The third-order valence-electron chi connectivity index (χ3n) is 4.30. The van der Waals surface area contributed by atoms with Gasteiger partial charge in [-0.25, -0.2) is 0 Å². The zero-order chi connectivity index (χ0) is 13.9. The van der Waals surface area contributed by atoms with Gasteiger partial charge in [0.25, 0.3) is 10.1 Å². The minimum atomic E-state index is -3.80. The lowest BCUT2D eigenvalue weighted by Crippen LogP contribution is -2.45. The van der Waals surface area contributed by atoms with Crippen molar-refractivity contribution in [1.82, 2.24) is 0 Å². The molecule has 0 aromatic rings. The molecule has 3 fully saturated rings. The second kappa shape index (κ2) is 3.92. The standard InChI is InChI=1S/C11H14O7S/c1-4(12)17-8-5-3-6-9(8)18-19(14,15)10(6)7(5)11(13)16-2/h5-10H,3H2,1-2H3. The van der Waals surface area contributed by atoms with E-state index in [4.69, 9.17) is 8.92 Å². The largest absolute Gasteiger partial charge is 0.469 e. The number of hydrogen-bond acceptors (Lipinski definition) is 7. The van der Waals surface area contributed by atoms with E-state index in [2.05, 4.69) is 4.74 Å². The van der Waals surface area contributed by atoms with Gasteiger partial charge in [0.2, 0.25) is 0 Å². The molecule has 2 aliphatic carbocycles. The van der Waals surface area contributed by atoms with E-state index in [1.54, 1.807) is 0 Å². The molecule has 0 amide bonds. The summed E-state index contributed by atoms with van der Waals surface area (Å²) in [5, 5.41) is -0.859. The maximum atomic E-state index is 12.0. The number of methoxy groups -OCH3 is 1. The molecule has 106 valence electrons. The summed E-state index contributed by atoms with van der Waals surface area (Å²) in [6.07, 6.45) is -0.823. The molecule has 0 spiro atoms. The molecule has 3 aliphatic rings. The van der Waals surface area contributed by atoms with Gasteiger partial charge < -0.3 is 9.47 Å².